The van der Waals surface area contributed by atoms with E-state index in [0.29, 0.717) is 11.3 Å². The van der Waals surface area contributed by atoms with Crippen LogP contribution in [0.2, 0.25) is 0 Å². The van der Waals surface area contributed by atoms with Crippen LogP contribution in [0.25, 0.3) is 70.3 Å². The number of nitrogens with zero attached hydrogens (tertiary/aromatic N) is 4. The molecular formula is C52H30N4O2. The fraction of sp³-hybridized carbons (Fsp3) is 0. The van der Waals surface area contributed by atoms with Crippen LogP contribution in [0.5, 0.6) is 0 Å². The van der Waals surface area contributed by atoms with Crippen LogP contribution in [0.3, 0.4) is 0 Å². The van der Waals surface area contributed by atoms with Crippen molar-refractivity contribution in [3.63, 3.8) is 0 Å². The lowest BCUT2D eigenvalue weighted by molar-refractivity contribution is 0.663. The highest BCUT2D eigenvalue weighted by molar-refractivity contribution is 6.24. The standard InChI is InChI=1S/C52H30N4O2/c1-54-38-16-22-42(23-17-38)56(40-10-6-3-7-11-40)44-20-14-34-28-46-45-24-25-48-51(52(45)58-49(46)30-36(34)26-44)47-29-35-15-21-43(27-37(35)31-50(47)57-48)55(39-8-4-2-5-9-39)41-18-12-33(32-53)13-19-41/h2-31H. The Labute approximate surface area is 333 Å². The van der Waals surface area contributed by atoms with Gasteiger partial charge < -0.3 is 18.6 Å². The van der Waals surface area contributed by atoms with Gasteiger partial charge in [0.05, 0.1) is 23.6 Å². The number of hydrogen-bond acceptors (Lipinski definition) is 5. The predicted octanol–water partition coefficient (Wildman–Crippen LogP) is 15.2. The molecule has 58 heavy (non-hydrogen) atoms. The number of fused-ring (bicyclic) bond motifs is 9. The first-order valence-corrected chi connectivity index (χ1v) is 19.0. The molecule has 0 fully saturated rings. The first-order chi connectivity index (χ1) is 28.6. The summed E-state index contributed by atoms with van der Waals surface area (Å²) in [5.74, 6) is 0. The van der Waals surface area contributed by atoms with Gasteiger partial charge in [0, 0.05) is 50.3 Å². The van der Waals surface area contributed by atoms with Crippen molar-refractivity contribution in [2.24, 2.45) is 0 Å². The van der Waals surface area contributed by atoms with E-state index in [-0.39, 0.29) is 0 Å². The zero-order valence-electron chi connectivity index (χ0n) is 30.9. The minimum absolute atomic E-state index is 0.607. The highest BCUT2D eigenvalue weighted by Crippen LogP contribution is 2.44. The van der Waals surface area contributed by atoms with Gasteiger partial charge in [-0.2, -0.15) is 5.26 Å². The van der Waals surface area contributed by atoms with Gasteiger partial charge in [-0.15, -0.1) is 0 Å². The molecule has 2 heterocycles. The summed E-state index contributed by atoms with van der Waals surface area (Å²) < 4.78 is 13.3. The molecular weight excluding hydrogens is 713 g/mol. The van der Waals surface area contributed by atoms with Crippen molar-refractivity contribution in [1.29, 1.82) is 5.26 Å². The van der Waals surface area contributed by atoms with Crippen LogP contribution in [-0.4, -0.2) is 0 Å². The number of nitriles is 1. The second-order valence-corrected chi connectivity index (χ2v) is 14.4. The maximum Gasteiger partial charge on any atom is 0.187 e. The second-order valence-electron chi connectivity index (χ2n) is 14.4. The first-order valence-electron chi connectivity index (χ1n) is 19.0. The summed E-state index contributed by atoms with van der Waals surface area (Å²) in [6.07, 6.45) is 0. The van der Waals surface area contributed by atoms with E-state index >= 15 is 0 Å². The average molecular weight is 743 g/mol. The molecule has 0 unspecified atom stereocenters. The quantitative estimate of drug-likeness (QED) is 0.159. The van der Waals surface area contributed by atoms with Crippen molar-refractivity contribution < 1.29 is 8.83 Å². The van der Waals surface area contributed by atoms with Crippen molar-refractivity contribution in [1.82, 2.24) is 0 Å². The lowest BCUT2D eigenvalue weighted by atomic mass is 10.0. The highest BCUT2D eigenvalue weighted by atomic mass is 16.3. The van der Waals surface area contributed by atoms with Gasteiger partial charge in [0.25, 0.3) is 0 Å². The number of anilines is 6. The molecule has 6 nitrogen and oxygen atoms in total. The third-order valence-corrected chi connectivity index (χ3v) is 11.0. The zero-order chi connectivity index (χ0) is 38.7. The van der Waals surface area contributed by atoms with E-state index in [0.717, 1.165) is 99.5 Å². The number of benzene rings is 9. The predicted molar refractivity (Wildman–Crippen MR) is 236 cm³/mol. The summed E-state index contributed by atoms with van der Waals surface area (Å²) in [6.45, 7) is 7.42. The average Bonchev–Trinajstić information content (AvgIpc) is 3.83. The maximum absolute atomic E-state index is 9.41. The van der Waals surface area contributed by atoms with Crippen LogP contribution in [0.4, 0.5) is 39.8 Å². The Morgan fingerprint density at radius 2 is 0.948 bits per heavy atom. The van der Waals surface area contributed by atoms with Crippen LogP contribution < -0.4 is 9.80 Å². The number of rotatable bonds is 6. The summed E-state index contributed by atoms with van der Waals surface area (Å²) in [5, 5.41) is 17.8. The topological polar surface area (TPSA) is 60.9 Å². The molecule has 0 saturated carbocycles. The normalized spacial score (nSPS) is 11.4. The molecule has 0 radical (unpaired) electrons. The molecule has 0 aliphatic heterocycles. The van der Waals surface area contributed by atoms with E-state index in [9.17, 15) is 5.26 Å². The van der Waals surface area contributed by atoms with Gasteiger partial charge in [-0.3, -0.25) is 0 Å². The molecule has 0 aliphatic carbocycles. The third-order valence-electron chi connectivity index (χ3n) is 11.0. The molecule has 0 saturated heterocycles. The number of para-hydroxylation sites is 2. The molecule has 2 aromatic heterocycles. The fourth-order valence-corrected chi connectivity index (χ4v) is 8.24. The first kappa shape index (κ1) is 33.1. The van der Waals surface area contributed by atoms with Gasteiger partial charge in [-0.25, -0.2) is 4.85 Å². The molecule has 11 aromatic rings. The van der Waals surface area contributed by atoms with E-state index < -0.39 is 0 Å². The van der Waals surface area contributed by atoms with Crippen LogP contribution in [0.15, 0.2) is 191 Å². The van der Waals surface area contributed by atoms with Crippen molar-refractivity contribution in [3.8, 4) is 6.07 Å². The van der Waals surface area contributed by atoms with E-state index in [2.05, 4.69) is 118 Å². The van der Waals surface area contributed by atoms with Crippen LogP contribution in [-0.2, 0) is 0 Å². The lowest BCUT2D eigenvalue weighted by Crippen LogP contribution is -2.09. The Morgan fingerprint density at radius 3 is 1.52 bits per heavy atom. The summed E-state index contributed by atoms with van der Waals surface area (Å²) in [7, 11) is 0. The van der Waals surface area contributed by atoms with Crippen LogP contribution in [0.1, 0.15) is 5.56 Å². The molecule has 0 aliphatic rings. The largest absolute Gasteiger partial charge is 0.456 e. The molecule has 6 heteroatoms. The molecule has 0 atom stereocenters. The molecule has 0 N–H and O–H groups in total. The van der Waals surface area contributed by atoms with E-state index in [1.165, 1.54) is 0 Å². The molecule has 9 aromatic carbocycles. The van der Waals surface area contributed by atoms with Gasteiger partial charge in [-0.05, 0) is 143 Å². The molecule has 0 amide bonds. The van der Waals surface area contributed by atoms with Crippen molar-refractivity contribution in [2.45, 2.75) is 0 Å². The van der Waals surface area contributed by atoms with Gasteiger partial charge in [0.2, 0.25) is 0 Å². The molecule has 11 rings (SSSR count). The van der Waals surface area contributed by atoms with Crippen LogP contribution in [0, 0.1) is 17.9 Å². The Kier molecular flexibility index (Phi) is 7.50. The monoisotopic (exact) mass is 742 g/mol. The third kappa shape index (κ3) is 5.40. The van der Waals surface area contributed by atoms with E-state index in [1.54, 1.807) is 0 Å². The number of hydrogen-bond donors (Lipinski definition) is 0. The van der Waals surface area contributed by atoms with E-state index in [1.807, 2.05) is 84.9 Å². The number of furan rings is 2. The Bertz CT molecular complexity index is 3470. The van der Waals surface area contributed by atoms with Gasteiger partial charge in [0.15, 0.2) is 5.69 Å². The van der Waals surface area contributed by atoms with Gasteiger partial charge in [-0.1, -0.05) is 60.7 Å². The zero-order valence-corrected chi connectivity index (χ0v) is 30.9. The Balaban J connectivity index is 1.03. The van der Waals surface area contributed by atoms with Gasteiger partial charge in [0.1, 0.15) is 22.3 Å². The summed E-state index contributed by atoms with van der Waals surface area (Å²) in [4.78, 5) is 7.99. The highest BCUT2D eigenvalue weighted by Gasteiger charge is 2.20. The van der Waals surface area contributed by atoms with Crippen molar-refractivity contribution in [2.75, 3.05) is 9.80 Å². The van der Waals surface area contributed by atoms with E-state index in [4.69, 9.17) is 15.4 Å². The maximum atomic E-state index is 9.41. The second kappa shape index (κ2) is 13.2. The van der Waals surface area contributed by atoms with Crippen molar-refractivity contribution >= 4 is 105 Å². The minimum atomic E-state index is 0.607. The molecule has 270 valence electrons. The smallest absolute Gasteiger partial charge is 0.187 e. The SMILES string of the molecule is [C-]#[N+]c1ccc(N(c2ccccc2)c2ccc3cc4c(cc3c2)oc2c4ccc3oc4cc5cc(N(c6ccccc6)c6ccc(C#N)cc6)ccc5cc4c32)cc1. The van der Waals surface area contributed by atoms with Gasteiger partial charge >= 0.3 is 0 Å². The van der Waals surface area contributed by atoms with Crippen molar-refractivity contribution in [3.05, 3.63) is 199 Å². The fourth-order valence-electron chi connectivity index (χ4n) is 8.24. The molecule has 0 bridgehead atoms. The summed E-state index contributed by atoms with van der Waals surface area (Å²) in [5.41, 5.74) is 10.4. The Morgan fingerprint density at radius 1 is 0.431 bits per heavy atom. The minimum Gasteiger partial charge on any atom is -0.456 e. The lowest BCUT2D eigenvalue weighted by Gasteiger charge is -2.26. The Hall–Kier alpha value is -8.32. The summed E-state index contributed by atoms with van der Waals surface area (Å²) in [6, 6.07) is 63.9. The van der Waals surface area contributed by atoms with Crippen LogP contribution >= 0.6 is 0 Å². The molecule has 0 spiro atoms. The summed E-state index contributed by atoms with van der Waals surface area (Å²) >= 11 is 0.